The lowest BCUT2D eigenvalue weighted by molar-refractivity contribution is 0.101. The molecule has 1 heterocycles. The number of hydrogen-bond acceptors (Lipinski definition) is 4. The molecule has 0 radical (unpaired) electrons. The highest BCUT2D eigenvalue weighted by molar-refractivity contribution is 6.05. The fourth-order valence-electron chi connectivity index (χ4n) is 3.22. The number of rotatable bonds is 7. The molecule has 0 aliphatic carbocycles. The van der Waals surface area contributed by atoms with E-state index in [0.29, 0.717) is 17.4 Å². The molecule has 0 bridgehead atoms. The molecule has 33 heavy (non-hydrogen) atoms. The van der Waals surface area contributed by atoms with Crippen molar-refractivity contribution in [3.8, 4) is 16.9 Å². The lowest BCUT2D eigenvalue weighted by Gasteiger charge is -2.13. The van der Waals surface area contributed by atoms with Crippen molar-refractivity contribution in [2.75, 3.05) is 11.9 Å². The molecule has 0 unspecified atom stereocenters. The summed E-state index contributed by atoms with van der Waals surface area (Å²) in [5.74, 6) is -1.80. The minimum absolute atomic E-state index is 0.1000. The van der Waals surface area contributed by atoms with Gasteiger partial charge in [-0.2, -0.15) is 5.10 Å². The second-order valence-electron chi connectivity index (χ2n) is 7.07. The summed E-state index contributed by atoms with van der Waals surface area (Å²) in [6.07, 6.45) is 0. The minimum Gasteiger partial charge on any atom is -0.492 e. The quantitative estimate of drug-likeness (QED) is 0.452. The van der Waals surface area contributed by atoms with Crippen LogP contribution in [0.5, 0.6) is 5.75 Å². The third kappa shape index (κ3) is 5.30. The number of anilines is 1. The molecule has 8 heteroatoms. The lowest BCUT2D eigenvalue weighted by atomic mass is 10.0. The topological polar surface area (TPSA) is 73.2 Å². The predicted molar refractivity (Wildman–Crippen MR) is 120 cm³/mol. The fraction of sp³-hybridized carbons (Fsp3) is 0.0800. The molecule has 0 fully saturated rings. The number of ether oxygens (including phenoxy) is 1. The molecule has 3 aromatic carbocycles. The van der Waals surface area contributed by atoms with Crippen molar-refractivity contribution >= 4 is 11.6 Å². The maximum Gasteiger partial charge on any atom is 0.276 e. The summed E-state index contributed by atoms with van der Waals surface area (Å²) in [5, 5.41) is 6.52. The highest BCUT2D eigenvalue weighted by Crippen LogP contribution is 2.31. The maximum atomic E-state index is 14.6. The summed E-state index contributed by atoms with van der Waals surface area (Å²) in [6.45, 7) is 0.266. The summed E-state index contributed by atoms with van der Waals surface area (Å²) >= 11 is 0. The van der Waals surface area contributed by atoms with E-state index in [0.717, 1.165) is 10.7 Å². The van der Waals surface area contributed by atoms with E-state index in [-0.39, 0.29) is 30.1 Å². The first kappa shape index (κ1) is 21.9. The van der Waals surface area contributed by atoms with Crippen LogP contribution in [-0.2, 0) is 6.54 Å². The van der Waals surface area contributed by atoms with Crippen molar-refractivity contribution in [3.05, 3.63) is 113 Å². The fourth-order valence-corrected chi connectivity index (χ4v) is 3.22. The Balaban J connectivity index is 1.55. The van der Waals surface area contributed by atoms with Gasteiger partial charge in [-0.05, 0) is 29.8 Å². The molecule has 0 aliphatic rings. The van der Waals surface area contributed by atoms with Crippen LogP contribution in [0.4, 0.5) is 14.5 Å². The second kappa shape index (κ2) is 9.86. The number of halogens is 2. The Kier molecular flexibility index (Phi) is 6.54. The zero-order valence-corrected chi connectivity index (χ0v) is 17.4. The summed E-state index contributed by atoms with van der Waals surface area (Å²) in [7, 11) is 0. The van der Waals surface area contributed by atoms with Gasteiger partial charge in [-0.3, -0.25) is 9.59 Å². The van der Waals surface area contributed by atoms with E-state index in [9.17, 15) is 18.4 Å². The van der Waals surface area contributed by atoms with Crippen LogP contribution in [0.1, 0.15) is 10.5 Å². The minimum atomic E-state index is -0.924. The number of benzene rings is 3. The maximum absolute atomic E-state index is 14.6. The first-order chi connectivity index (χ1) is 16.0. The number of nitrogens with one attached hydrogen (secondary N) is 1. The highest BCUT2D eigenvalue weighted by atomic mass is 19.1. The van der Waals surface area contributed by atoms with E-state index in [1.165, 1.54) is 12.1 Å². The van der Waals surface area contributed by atoms with Crippen LogP contribution in [0, 0.1) is 11.6 Å². The number of nitrogens with zero attached hydrogens (tertiary/aromatic N) is 2. The van der Waals surface area contributed by atoms with Crippen molar-refractivity contribution in [1.82, 2.24) is 9.78 Å². The van der Waals surface area contributed by atoms with Crippen molar-refractivity contribution in [2.45, 2.75) is 6.54 Å². The highest BCUT2D eigenvalue weighted by Gasteiger charge is 2.18. The van der Waals surface area contributed by atoms with Crippen molar-refractivity contribution < 1.29 is 18.3 Å². The van der Waals surface area contributed by atoms with Crippen LogP contribution in [0.3, 0.4) is 0 Å². The summed E-state index contributed by atoms with van der Waals surface area (Å²) < 4.78 is 35.1. The van der Waals surface area contributed by atoms with Crippen LogP contribution in [0.25, 0.3) is 11.1 Å². The molecular weight excluding hydrogens is 428 g/mol. The van der Waals surface area contributed by atoms with Gasteiger partial charge in [-0.1, -0.05) is 48.5 Å². The van der Waals surface area contributed by atoms with Gasteiger partial charge in [0.1, 0.15) is 29.7 Å². The molecular formula is C25H19F2N3O3. The largest absolute Gasteiger partial charge is 0.492 e. The summed E-state index contributed by atoms with van der Waals surface area (Å²) in [5.41, 5.74) is 0.0194. The van der Waals surface area contributed by atoms with Gasteiger partial charge in [0.05, 0.1) is 12.2 Å². The third-order valence-electron chi connectivity index (χ3n) is 4.79. The van der Waals surface area contributed by atoms with E-state index >= 15 is 0 Å². The molecule has 0 aliphatic heterocycles. The monoisotopic (exact) mass is 447 g/mol. The van der Waals surface area contributed by atoms with Crippen LogP contribution < -0.4 is 15.6 Å². The van der Waals surface area contributed by atoms with Gasteiger partial charge in [0.2, 0.25) is 0 Å². The number of aromatic nitrogens is 2. The van der Waals surface area contributed by atoms with Gasteiger partial charge in [-0.25, -0.2) is 13.5 Å². The van der Waals surface area contributed by atoms with Crippen LogP contribution in [0.15, 0.2) is 89.7 Å². The second-order valence-corrected chi connectivity index (χ2v) is 7.07. The average Bonchev–Trinajstić information content (AvgIpc) is 2.83. The Morgan fingerprint density at radius 2 is 1.64 bits per heavy atom. The molecule has 1 aromatic heterocycles. The summed E-state index contributed by atoms with van der Waals surface area (Å²) in [6, 6.07) is 21.9. The van der Waals surface area contributed by atoms with Gasteiger partial charge >= 0.3 is 0 Å². The van der Waals surface area contributed by atoms with E-state index in [1.54, 1.807) is 42.5 Å². The van der Waals surface area contributed by atoms with Crippen molar-refractivity contribution in [1.29, 1.82) is 0 Å². The number of amides is 1. The molecule has 1 N–H and O–H groups in total. The number of hydrogen-bond donors (Lipinski definition) is 1. The smallest absolute Gasteiger partial charge is 0.276 e. The van der Waals surface area contributed by atoms with Gasteiger partial charge in [0, 0.05) is 17.7 Å². The Bertz CT molecular complexity index is 1330. The van der Waals surface area contributed by atoms with Gasteiger partial charge < -0.3 is 10.1 Å². The Hall–Kier alpha value is -4.33. The number of para-hydroxylation sites is 1. The first-order valence-corrected chi connectivity index (χ1v) is 10.1. The zero-order chi connectivity index (χ0) is 23.2. The molecule has 166 valence electrons. The SMILES string of the molecule is O=C(Nc1c(F)cc(F)cc1-c1ccccc1)c1ccc(=O)n(CCOc2ccccc2)n1. The Morgan fingerprint density at radius 1 is 0.939 bits per heavy atom. The average molecular weight is 447 g/mol. The molecule has 0 saturated carbocycles. The van der Waals surface area contributed by atoms with Crippen LogP contribution in [0.2, 0.25) is 0 Å². The van der Waals surface area contributed by atoms with E-state index < -0.39 is 23.1 Å². The predicted octanol–water partition coefficient (Wildman–Crippen LogP) is 4.52. The van der Waals surface area contributed by atoms with E-state index in [4.69, 9.17) is 4.74 Å². The standard InChI is InChI=1S/C25H19F2N3O3/c26-18-15-20(17-7-3-1-4-8-17)24(21(27)16-18)28-25(32)22-11-12-23(31)30(29-22)13-14-33-19-9-5-2-6-10-19/h1-12,15-16H,13-14H2,(H,28,32). The third-order valence-corrected chi connectivity index (χ3v) is 4.79. The Labute approximate surface area is 188 Å². The van der Waals surface area contributed by atoms with Crippen LogP contribution in [-0.4, -0.2) is 22.3 Å². The zero-order valence-electron chi connectivity index (χ0n) is 17.4. The molecule has 4 aromatic rings. The van der Waals surface area contributed by atoms with Crippen LogP contribution >= 0.6 is 0 Å². The molecule has 0 spiro atoms. The normalized spacial score (nSPS) is 10.6. The Morgan fingerprint density at radius 3 is 2.36 bits per heavy atom. The molecule has 0 saturated heterocycles. The van der Waals surface area contributed by atoms with E-state index in [1.807, 2.05) is 18.2 Å². The first-order valence-electron chi connectivity index (χ1n) is 10.1. The van der Waals surface area contributed by atoms with Crippen molar-refractivity contribution in [2.24, 2.45) is 0 Å². The van der Waals surface area contributed by atoms with E-state index in [2.05, 4.69) is 10.4 Å². The number of carbonyl (C=O) groups excluding carboxylic acids is 1. The van der Waals surface area contributed by atoms with Gasteiger partial charge in [0.25, 0.3) is 11.5 Å². The lowest BCUT2D eigenvalue weighted by Crippen LogP contribution is -2.28. The molecule has 6 nitrogen and oxygen atoms in total. The molecule has 4 rings (SSSR count). The van der Waals surface area contributed by atoms with Gasteiger partial charge in [0.15, 0.2) is 0 Å². The molecule has 1 amide bonds. The van der Waals surface area contributed by atoms with Gasteiger partial charge in [-0.15, -0.1) is 0 Å². The number of carbonyl (C=O) groups is 1. The molecule has 0 atom stereocenters. The van der Waals surface area contributed by atoms with Crippen molar-refractivity contribution in [3.63, 3.8) is 0 Å². The summed E-state index contributed by atoms with van der Waals surface area (Å²) in [4.78, 5) is 24.9.